The quantitative estimate of drug-likeness (QED) is 0.0926. The van der Waals surface area contributed by atoms with Crippen molar-refractivity contribution in [3.05, 3.63) is 62.5 Å². The van der Waals surface area contributed by atoms with Gasteiger partial charge in [-0.3, -0.25) is 29.4 Å². The van der Waals surface area contributed by atoms with Gasteiger partial charge in [0.05, 0.1) is 10.7 Å². The molecule has 0 saturated carbocycles. The Morgan fingerprint density at radius 3 is 2.76 bits per heavy atom. The van der Waals surface area contributed by atoms with Crippen LogP contribution in [0.25, 0.3) is 0 Å². The SMILES string of the molecule is CO/N=C(\C(=O)NC1C(=O)N2C(C(=O)OCc3ccc([N+](=O)[O-])cc3)=C(O)CS[C@H]12)c1csc(NC=O)n1. The molecule has 1 aromatic carbocycles. The molecule has 0 radical (unpaired) electrons. The molecule has 3 N–H and O–H groups in total. The molecular weight excluding hydrogens is 544 g/mol. The molecule has 0 spiro atoms. The monoisotopic (exact) mass is 562 g/mol. The van der Waals surface area contributed by atoms with Crippen molar-refractivity contribution in [3.63, 3.8) is 0 Å². The van der Waals surface area contributed by atoms with Crippen LogP contribution in [0.1, 0.15) is 11.3 Å². The third kappa shape index (κ3) is 5.28. The molecule has 198 valence electrons. The Morgan fingerprint density at radius 1 is 1.37 bits per heavy atom. The van der Waals surface area contributed by atoms with E-state index in [9.17, 15) is 34.4 Å². The molecule has 2 aliphatic rings. The summed E-state index contributed by atoms with van der Waals surface area (Å²) in [6.07, 6.45) is 0.426. The summed E-state index contributed by atoms with van der Waals surface area (Å²) < 4.78 is 5.22. The normalized spacial score (nSPS) is 18.7. The van der Waals surface area contributed by atoms with E-state index in [2.05, 4.69) is 20.8 Å². The summed E-state index contributed by atoms with van der Waals surface area (Å²) in [5.74, 6) is -2.80. The molecule has 1 unspecified atom stereocenters. The fraction of sp³-hybridized carbons (Fsp3) is 0.238. The summed E-state index contributed by atoms with van der Waals surface area (Å²) >= 11 is 2.17. The predicted molar refractivity (Wildman–Crippen MR) is 133 cm³/mol. The molecule has 0 aliphatic carbocycles. The van der Waals surface area contributed by atoms with E-state index in [1.54, 1.807) is 0 Å². The highest BCUT2D eigenvalue weighted by atomic mass is 32.2. The number of carbonyl (C=O) groups excluding carboxylic acids is 4. The number of fused-ring (bicyclic) bond motifs is 1. The number of amides is 3. The number of nitro groups is 1. The average Bonchev–Trinajstić information content (AvgIpc) is 3.37. The van der Waals surface area contributed by atoms with Gasteiger partial charge in [-0.2, -0.15) is 0 Å². The van der Waals surface area contributed by atoms with Gasteiger partial charge < -0.3 is 25.3 Å². The number of hydrogen-bond acceptors (Lipinski definition) is 13. The summed E-state index contributed by atoms with van der Waals surface area (Å²) in [6.45, 7) is -0.251. The first-order valence-corrected chi connectivity index (χ1v) is 12.5. The largest absolute Gasteiger partial charge is 0.509 e. The average molecular weight is 563 g/mol. The number of nitro benzene ring substituents is 1. The van der Waals surface area contributed by atoms with Crippen molar-refractivity contribution in [3.8, 4) is 0 Å². The van der Waals surface area contributed by atoms with Crippen LogP contribution in [0.4, 0.5) is 10.8 Å². The lowest BCUT2D eigenvalue weighted by molar-refractivity contribution is -0.384. The number of nitrogens with zero attached hydrogens (tertiary/aromatic N) is 4. The number of aromatic nitrogens is 1. The van der Waals surface area contributed by atoms with Gasteiger partial charge in [-0.25, -0.2) is 9.78 Å². The van der Waals surface area contributed by atoms with Gasteiger partial charge >= 0.3 is 5.97 Å². The number of β-lactam (4-membered cyclic amide) rings is 1. The van der Waals surface area contributed by atoms with E-state index in [-0.39, 0.29) is 46.0 Å². The molecular formula is C21H18N6O9S2. The molecule has 3 amide bonds. The van der Waals surface area contributed by atoms with Crippen LogP contribution in [0.15, 0.2) is 46.3 Å². The fourth-order valence-electron chi connectivity index (χ4n) is 3.53. The standard InChI is InChI=1S/C21H18N6O9S2/c1-35-25-14(12-7-38-21(23-12)22-9-28)17(30)24-15-18(31)26-16(13(29)8-37-19(15)26)20(32)36-6-10-2-4-11(5-3-10)27(33)34/h2-5,7,9,15,19,29H,6,8H2,1H3,(H,24,30)(H,22,23,28)/b25-14-/t15?,19-/m1/s1. The maximum atomic E-state index is 12.9. The lowest BCUT2D eigenvalue weighted by atomic mass is 10.0. The van der Waals surface area contributed by atoms with Crippen molar-refractivity contribution in [1.29, 1.82) is 0 Å². The van der Waals surface area contributed by atoms with Crippen LogP contribution in [0, 0.1) is 10.1 Å². The number of anilines is 1. The van der Waals surface area contributed by atoms with Gasteiger partial charge in [0, 0.05) is 17.5 Å². The lowest BCUT2D eigenvalue weighted by Crippen LogP contribution is -2.71. The van der Waals surface area contributed by atoms with E-state index in [1.807, 2.05) is 0 Å². The van der Waals surface area contributed by atoms with Gasteiger partial charge in [0.25, 0.3) is 17.5 Å². The molecule has 2 aliphatic heterocycles. The zero-order valence-corrected chi connectivity index (χ0v) is 21.0. The Hall–Kier alpha value is -4.51. The van der Waals surface area contributed by atoms with Crippen molar-refractivity contribution >= 4 is 63.8 Å². The minimum absolute atomic E-state index is 0.0192. The second-order valence-corrected chi connectivity index (χ2v) is 9.54. The van der Waals surface area contributed by atoms with Crippen molar-refractivity contribution < 1.29 is 38.8 Å². The Morgan fingerprint density at radius 2 is 2.11 bits per heavy atom. The third-order valence-corrected chi connectivity index (χ3v) is 7.31. The summed E-state index contributed by atoms with van der Waals surface area (Å²) in [5.41, 5.74) is -0.147. The van der Waals surface area contributed by atoms with E-state index < -0.39 is 34.1 Å². The molecule has 2 aromatic rings. The van der Waals surface area contributed by atoms with E-state index >= 15 is 0 Å². The van der Waals surface area contributed by atoms with Gasteiger partial charge in [-0.1, -0.05) is 5.16 Å². The second-order valence-electron chi connectivity index (χ2n) is 7.58. The van der Waals surface area contributed by atoms with E-state index in [4.69, 9.17) is 9.57 Å². The van der Waals surface area contributed by atoms with Crippen LogP contribution in [0.3, 0.4) is 0 Å². The van der Waals surface area contributed by atoms with Gasteiger partial charge in [-0.15, -0.1) is 23.1 Å². The van der Waals surface area contributed by atoms with Gasteiger partial charge in [0.1, 0.15) is 36.6 Å². The van der Waals surface area contributed by atoms with E-state index in [0.29, 0.717) is 12.0 Å². The molecule has 17 heteroatoms. The summed E-state index contributed by atoms with van der Waals surface area (Å²) in [6, 6.07) is 4.29. The lowest BCUT2D eigenvalue weighted by Gasteiger charge is -2.48. The number of ether oxygens (including phenoxy) is 1. The van der Waals surface area contributed by atoms with E-state index in [1.165, 1.54) is 36.8 Å². The number of thioether (sulfide) groups is 1. The summed E-state index contributed by atoms with van der Waals surface area (Å²) in [7, 11) is 1.22. The number of nitrogens with one attached hydrogen (secondary N) is 2. The molecule has 0 bridgehead atoms. The number of carbonyl (C=O) groups is 4. The zero-order chi connectivity index (χ0) is 27.4. The smallest absolute Gasteiger partial charge is 0.358 e. The Balaban J connectivity index is 1.42. The highest BCUT2D eigenvalue weighted by molar-refractivity contribution is 8.00. The number of aliphatic hydroxyl groups excluding tert-OH is 1. The van der Waals surface area contributed by atoms with Crippen LogP contribution in [-0.2, 0) is 35.4 Å². The zero-order valence-electron chi connectivity index (χ0n) is 19.4. The van der Waals surface area contributed by atoms with Crippen molar-refractivity contribution in [2.45, 2.75) is 18.0 Å². The minimum Gasteiger partial charge on any atom is -0.509 e. The number of aliphatic hydroxyl groups is 1. The molecule has 1 fully saturated rings. The highest BCUT2D eigenvalue weighted by Crippen LogP contribution is 2.40. The second kappa shape index (κ2) is 11.3. The first-order chi connectivity index (χ1) is 18.2. The minimum atomic E-state index is -1.05. The fourth-order valence-corrected chi connectivity index (χ4v) is 5.38. The maximum absolute atomic E-state index is 12.9. The van der Waals surface area contributed by atoms with Crippen LogP contribution in [0.2, 0.25) is 0 Å². The maximum Gasteiger partial charge on any atom is 0.358 e. The molecule has 15 nitrogen and oxygen atoms in total. The van der Waals surface area contributed by atoms with Crippen molar-refractivity contribution in [1.82, 2.24) is 15.2 Å². The van der Waals surface area contributed by atoms with Gasteiger partial charge in [0.2, 0.25) is 6.41 Å². The van der Waals surface area contributed by atoms with E-state index in [0.717, 1.165) is 28.0 Å². The van der Waals surface area contributed by atoms with Crippen LogP contribution in [-0.4, -0.2) is 74.1 Å². The summed E-state index contributed by atoms with van der Waals surface area (Å²) in [4.78, 5) is 69.2. The molecule has 1 saturated heterocycles. The Bertz CT molecular complexity index is 1360. The van der Waals surface area contributed by atoms with Crippen molar-refractivity contribution in [2.75, 3.05) is 18.2 Å². The number of esters is 1. The molecule has 1 aromatic heterocycles. The molecule has 3 heterocycles. The summed E-state index contributed by atoms with van der Waals surface area (Å²) in [5, 5.41) is 30.6. The third-order valence-electron chi connectivity index (χ3n) is 5.27. The number of thiazole rings is 1. The number of non-ortho nitro benzene ring substituents is 1. The van der Waals surface area contributed by atoms with Crippen molar-refractivity contribution in [2.24, 2.45) is 5.16 Å². The van der Waals surface area contributed by atoms with Crippen LogP contribution in [0.5, 0.6) is 0 Å². The molecule has 2 atom stereocenters. The van der Waals surface area contributed by atoms with Crippen LogP contribution < -0.4 is 10.6 Å². The topological polar surface area (TPSA) is 203 Å². The highest BCUT2D eigenvalue weighted by Gasteiger charge is 2.55. The first-order valence-electron chi connectivity index (χ1n) is 10.6. The molecule has 38 heavy (non-hydrogen) atoms. The van der Waals surface area contributed by atoms with Gasteiger partial charge in [-0.05, 0) is 17.7 Å². The predicted octanol–water partition coefficient (Wildman–Crippen LogP) is 0.883. The Labute approximate surface area is 221 Å². The number of benzene rings is 1. The molecule has 4 rings (SSSR count). The number of rotatable bonds is 10. The van der Waals surface area contributed by atoms with Gasteiger partial charge in [0.15, 0.2) is 16.5 Å². The Kier molecular flexibility index (Phi) is 7.87. The number of hydrogen-bond donors (Lipinski definition) is 3. The number of oxime groups is 1. The first kappa shape index (κ1) is 26.6. The van der Waals surface area contributed by atoms with Crippen LogP contribution >= 0.6 is 23.1 Å².